The molecular weight excluding hydrogens is 400 g/mol. The molecule has 144 valence electrons. The van der Waals surface area contributed by atoms with E-state index in [4.69, 9.17) is 4.74 Å². The van der Waals surface area contributed by atoms with Crippen molar-refractivity contribution in [2.24, 2.45) is 5.92 Å². The summed E-state index contributed by atoms with van der Waals surface area (Å²) in [4.78, 5) is 7.07. The largest absolute Gasteiger partial charge is 0.497 e. The predicted octanol–water partition coefficient (Wildman–Crippen LogP) is 4.93. The molecule has 3 atom stereocenters. The zero-order valence-corrected chi connectivity index (χ0v) is 17.8. The van der Waals surface area contributed by atoms with Gasteiger partial charge in [0.05, 0.1) is 7.11 Å². The highest BCUT2D eigenvalue weighted by molar-refractivity contribution is 8.93. The van der Waals surface area contributed by atoms with Crippen LogP contribution in [0.15, 0.2) is 42.7 Å². The third-order valence-corrected chi connectivity index (χ3v) is 7.27. The second kappa shape index (κ2) is 7.56. The van der Waals surface area contributed by atoms with Crippen LogP contribution in [0.4, 0.5) is 0 Å². The number of nitrogens with zero attached hydrogens (tertiary/aromatic N) is 2. The molecule has 0 amide bonds. The minimum absolute atomic E-state index is 0. The highest BCUT2D eigenvalue weighted by atomic mass is 79.9. The van der Waals surface area contributed by atoms with E-state index in [2.05, 4.69) is 40.2 Å². The van der Waals surface area contributed by atoms with Gasteiger partial charge < -0.3 is 4.74 Å². The summed E-state index contributed by atoms with van der Waals surface area (Å²) >= 11 is 0. The summed E-state index contributed by atoms with van der Waals surface area (Å²) in [6.07, 6.45) is 11.9. The van der Waals surface area contributed by atoms with Crippen molar-refractivity contribution in [3.63, 3.8) is 0 Å². The maximum Gasteiger partial charge on any atom is 0.119 e. The Bertz CT molecular complexity index is 796. The summed E-state index contributed by atoms with van der Waals surface area (Å²) in [6.45, 7) is 2.24. The number of ether oxygens (including phenoxy) is 1. The van der Waals surface area contributed by atoms with Crippen molar-refractivity contribution >= 4 is 17.0 Å². The molecule has 2 bridgehead atoms. The Kier molecular flexibility index (Phi) is 5.30. The molecule has 4 heteroatoms. The van der Waals surface area contributed by atoms with E-state index < -0.39 is 0 Å². The van der Waals surface area contributed by atoms with Gasteiger partial charge in [0, 0.05) is 30.4 Å². The second-order valence-electron chi connectivity index (χ2n) is 8.38. The SMILES string of the molecule is Br.COc1ccc2c(c1)[C@@]13CCCC[C@H]1[C@H](C2)N(Cc1cccnc1)CC3. The number of fused-ring (bicyclic) bond motifs is 1. The zero-order chi connectivity index (χ0) is 17.6. The minimum Gasteiger partial charge on any atom is -0.497 e. The minimum atomic E-state index is 0. The lowest BCUT2D eigenvalue weighted by molar-refractivity contribution is -0.0157. The van der Waals surface area contributed by atoms with Crippen molar-refractivity contribution in [2.45, 2.75) is 56.5 Å². The Hall–Kier alpha value is -1.39. The van der Waals surface area contributed by atoms with E-state index in [9.17, 15) is 0 Å². The fourth-order valence-corrected chi connectivity index (χ4v) is 6.11. The number of halogens is 1. The smallest absolute Gasteiger partial charge is 0.119 e. The van der Waals surface area contributed by atoms with Gasteiger partial charge in [0.1, 0.15) is 5.75 Å². The van der Waals surface area contributed by atoms with Crippen LogP contribution in [0.2, 0.25) is 0 Å². The molecule has 0 N–H and O–H groups in total. The lowest BCUT2D eigenvalue weighted by Crippen LogP contribution is -2.60. The highest BCUT2D eigenvalue weighted by Gasteiger charge is 2.53. The van der Waals surface area contributed by atoms with E-state index >= 15 is 0 Å². The summed E-state index contributed by atoms with van der Waals surface area (Å²) in [5.74, 6) is 1.82. The molecule has 27 heavy (non-hydrogen) atoms. The lowest BCUT2D eigenvalue weighted by atomic mass is 9.52. The van der Waals surface area contributed by atoms with Crippen LogP contribution >= 0.6 is 17.0 Å². The molecule has 2 heterocycles. The van der Waals surface area contributed by atoms with Gasteiger partial charge in [-0.25, -0.2) is 0 Å². The Labute approximate surface area is 172 Å². The standard InChI is InChI=1S/C23H28N2O.BrH/c1-26-19-8-7-18-13-22-20-6-2-3-9-23(20,21(18)14-19)10-12-25(22)16-17-5-4-11-24-15-17;/h4-5,7-8,11,14-15,20,22H,2-3,6,9-10,12-13,16H2,1H3;1H/t20-,22-,23+;/m0./s1. The van der Waals surface area contributed by atoms with Crippen molar-refractivity contribution in [1.82, 2.24) is 9.88 Å². The van der Waals surface area contributed by atoms with Gasteiger partial charge >= 0.3 is 0 Å². The average Bonchev–Trinajstić information content (AvgIpc) is 2.70. The molecule has 1 aromatic heterocycles. The van der Waals surface area contributed by atoms with Gasteiger partial charge in [-0.3, -0.25) is 9.88 Å². The van der Waals surface area contributed by atoms with Crippen molar-refractivity contribution < 1.29 is 4.74 Å². The van der Waals surface area contributed by atoms with Gasteiger partial charge in [-0.1, -0.05) is 25.0 Å². The van der Waals surface area contributed by atoms with Crippen LogP contribution in [0.5, 0.6) is 5.75 Å². The predicted molar refractivity (Wildman–Crippen MR) is 114 cm³/mol. The molecule has 0 radical (unpaired) electrons. The van der Waals surface area contributed by atoms with Gasteiger partial charge in [0.2, 0.25) is 0 Å². The van der Waals surface area contributed by atoms with Crippen LogP contribution in [0, 0.1) is 5.92 Å². The molecule has 2 aromatic rings. The highest BCUT2D eigenvalue weighted by Crippen LogP contribution is 2.56. The molecule has 2 fully saturated rings. The van der Waals surface area contributed by atoms with E-state index in [0.29, 0.717) is 11.5 Å². The first-order chi connectivity index (χ1) is 12.8. The fourth-order valence-electron chi connectivity index (χ4n) is 6.11. The summed E-state index contributed by atoms with van der Waals surface area (Å²) in [7, 11) is 1.79. The molecule has 1 aliphatic heterocycles. The molecule has 1 saturated carbocycles. The normalized spacial score (nSPS) is 29.2. The van der Waals surface area contributed by atoms with Crippen molar-refractivity contribution in [3.8, 4) is 5.75 Å². The molecule has 1 saturated heterocycles. The van der Waals surface area contributed by atoms with Crippen LogP contribution in [-0.4, -0.2) is 29.6 Å². The number of hydrogen-bond acceptors (Lipinski definition) is 3. The van der Waals surface area contributed by atoms with Crippen LogP contribution in [0.3, 0.4) is 0 Å². The molecule has 3 aliphatic rings. The van der Waals surface area contributed by atoms with Crippen LogP contribution in [-0.2, 0) is 18.4 Å². The number of hydrogen-bond donors (Lipinski definition) is 0. The number of piperidine rings is 1. The number of rotatable bonds is 3. The van der Waals surface area contributed by atoms with Crippen molar-refractivity contribution in [2.75, 3.05) is 13.7 Å². The van der Waals surface area contributed by atoms with Crippen LogP contribution in [0.25, 0.3) is 0 Å². The van der Waals surface area contributed by atoms with Gasteiger partial charge in [-0.05, 0) is 73.0 Å². The molecule has 1 aromatic carbocycles. The van der Waals surface area contributed by atoms with Crippen LogP contribution < -0.4 is 4.74 Å². The fraction of sp³-hybridized carbons (Fsp3) is 0.522. The monoisotopic (exact) mass is 428 g/mol. The summed E-state index contributed by atoms with van der Waals surface area (Å²) < 4.78 is 5.58. The Morgan fingerprint density at radius 3 is 2.96 bits per heavy atom. The third-order valence-electron chi connectivity index (χ3n) is 7.27. The Morgan fingerprint density at radius 2 is 2.15 bits per heavy atom. The molecule has 0 unspecified atom stereocenters. The van der Waals surface area contributed by atoms with E-state index in [0.717, 1.165) is 18.2 Å². The third kappa shape index (κ3) is 3.11. The van der Waals surface area contributed by atoms with Gasteiger partial charge in [0.15, 0.2) is 0 Å². The number of pyridine rings is 1. The average molecular weight is 429 g/mol. The van der Waals surface area contributed by atoms with E-state index in [1.165, 1.54) is 50.6 Å². The topological polar surface area (TPSA) is 25.4 Å². The number of benzene rings is 1. The zero-order valence-electron chi connectivity index (χ0n) is 16.1. The Morgan fingerprint density at radius 1 is 1.22 bits per heavy atom. The Balaban J connectivity index is 0.00000180. The summed E-state index contributed by atoms with van der Waals surface area (Å²) in [6, 6.07) is 11.8. The molecule has 0 spiro atoms. The number of likely N-dealkylation sites (tertiary alicyclic amines) is 1. The molecule has 2 aliphatic carbocycles. The maximum atomic E-state index is 5.58. The van der Waals surface area contributed by atoms with Crippen molar-refractivity contribution in [1.29, 1.82) is 0 Å². The first-order valence-electron chi connectivity index (χ1n) is 10.1. The molecule has 5 rings (SSSR count). The van der Waals surface area contributed by atoms with Gasteiger partial charge in [-0.2, -0.15) is 0 Å². The number of methoxy groups -OCH3 is 1. The van der Waals surface area contributed by atoms with Crippen LogP contribution in [0.1, 0.15) is 48.8 Å². The quantitative estimate of drug-likeness (QED) is 0.692. The van der Waals surface area contributed by atoms with E-state index in [1.54, 1.807) is 18.2 Å². The summed E-state index contributed by atoms with van der Waals surface area (Å²) in [5.41, 5.74) is 4.90. The maximum absolute atomic E-state index is 5.58. The molecular formula is C23H29BrN2O. The molecule has 3 nitrogen and oxygen atoms in total. The van der Waals surface area contributed by atoms with Crippen molar-refractivity contribution in [3.05, 3.63) is 59.4 Å². The first kappa shape index (κ1) is 18.9. The van der Waals surface area contributed by atoms with E-state index in [1.807, 2.05) is 12.4 Å². The number of aromatic nitrogens is 1. The van der Waals surface area contributed by atoms with E-state index in [-0.39, 0.29) is 17.0 Å². The van der Waals surface area contributed by atoms with Gasteiger partial charge in [0.25, 0.3) is 0 Å². The van der Waals surface area contributed by atoms with Gasteiger partial charge in [-0.15, -0.1) is 17.0 Å². The first-order valence-corrected chi connectivity index (χ1v) is 10.1. The summed E-state index contributed by atoms with van der Waals surface area (Å²) in [5, 5.41) is 0. The second-order valence-corrected chi connectivity index (χ2v) is 8.38. The lowest BCUT2D eigenvalue weighted by Gasteiger charge is -2.59.